The summed E-state index contributed by atoms with van der Waals surface area (Å²) in [4.78, 5) is 0. The van der Waals surface area contributed by atoms with Gasteiger partial charge in [-0.05, 0) is 0 Å². The van der Waals surface area contributed by atoms with Crippen LogP contribution in [0.5, 0.6) is 0 Å². The Bertz CT molecular complexity index is 76.1. The molecule has 1 aromatic carbocycles. The van der Waals surface area contributed by atoms with Gasteiger partial charge in [0.05, 0.1) is 0 Å². The minimum atomic E-state index is 0. The van der Waals surface area contributed by atoms with E-state index in [1.807, 2.05) is 30.3 Å². The number of benzene rings is 1. The van der Waals surface area contributed by atoms with Gasteiger partial charge in [0.25, 0.3) is 0 Å². The molecule has 0 nitrogen and oxygen atoms in total. The van der Waals surface area contributed by atoms with Crippen molar-refractivity contribution in [1.82, 2.24) is 0 Å². The van der Waals surface area contributed by atoms with Crippen molar-refractivity contribution >= 4 is 0 Å². The third kappa shape index (κ3) is 3.18. The second-order valence-electron chi connectivity index (χ2n) is 1.08. The molecule has 0 saturated carbocycles. The molecule has 34 valence electrons. The summed E-state index contributed by atoms with van der Waals surface area (Å²) in [5.74, 6) is 0. The molecule has 1 rings (SSSR count). The van der Waals surface area contributed by atoms with Crippen molar-refractivity contribution in [1.29, 1.82) is 0 Å². The van der Waals surface area contributed by atoms with Crippen molar-refractivity contribution in [2.24, 2.45) is 0 Å². The molecule has 0 fully saturated rings. The summed E-state index contributed by atoms with van der Waals surface area (Å²) in [6, 6.07) is 12.5. The van der Waals surface area contributed by atoms with Crippen LogP contribution in [-0.4, -0.2) is 0 Å². The molecular weight excluding hydrogens is 216 g/mol. The third-order valence-electron chi connectivity index (χ3n) is 0.607. The first kappa shape index (κ1) is 7.57. The molecule has 1 heteroatoms. The van der Waals surface area contributed by atoms with E-state index in [0.717, 1.165) is 0 Å². The molecule has 0 aliphatic carbocycles. The van der Waals surface area contributed by atoms with E-state index in [2.05, 4.69) is 6.07 Å². The van der Waals surface area contributed by atoms with E-state index >= 15 is 0 Å². The summed E-state index contributed by atoms with van der Waals surface area (Å²) >= 11 is 0. The van der Waals surface area contributed by atoms with Crippen LogP contribution in [0.3, 0.4) is 0 Å². The van der Waals surface area contributed by atoms with E-state index < -0.39 is 0 Å². The first-order valence-corrected chi connectivity index (χ1v) is 1.91. The molecule has 0 aromatic heterocycles. The summed E-state index contributed by atoms with van der Waals surface area (Å²) in [7, 11) is 0. The van der Waals surface area contributed by atoms with Gasteiger partial charge in [-0.2, -0.15) is 36.4 Å². The Balaban J connectivity index is 0.000000360. The molecule has 0 aliphatic rings. The van der Waals surface area contributed by atoms with Crippen LogP contribution in [0.25, 0.3) is 0 Å². The predicted octanol–water partition coefficient (Wildman–Crippen LogP) is 1.49. The van der Waals surface area contributed by atoms with Gasteiger partial charge in [-0.15, -0.1) is 0 Å². The average molecular weight is 221 g/mol. The molecule has 0 amide bonds. The van der Waals surface area contributed by atoms with Crippen LogP contribution < -0.4 is 0 Å². The van der Waals surface area contributed by atoms with E-state index in [0.29, 0.717) is 0 Å². The monoisotopic (exact) mass is 219 g/mol. The second kappa shape index (κ2) is 4.72. The maximum absolute atomic E-state index is 2.89. The Morgan fingerprint density at radius 3 is 1.57 bits per heavy atom. The molecule has 0 N–H and O–H groups in total. The van der Waals surface area contributed by atoms with Crippen LogP contribution in [0.4, 0.5) is 0 Å². The Kier molecular flexibility index (Phi) is 5.11. The van der Waals surface area contributed by atoms with Crippen LogP contribution in [0.2, 0.25) is 0 Å². The van der Waals surface area contributed by atoms with E-state index in [4.69, 9.17) is 0 Å². The quantitative estimate of drug-likeness (QED) is 0.582. The van der Waals surface area contributed by atoms with Gasteiger partial charge in [0, 0.05) is 40.8 Å². The van der Waals surface area contributed by atoms with Crippen molar-refractivity contribution in [3.05, 3.63) is 36.4 Å². The summed E-state index contributed by atoms with van der Waals surface area (Å²) in [5, 5.41) is 0. The molecule has 0 heterocycles. The van der Waals surface area contributed by atoms with Crippen LogP contribution in [-0.2, 0) is 0 Å². The van der Waals surface area contributed by atoms with E-state index in [-0.39, 0.29) is 40.8 Å². The molecular formula is C6H5Nd-. The Hall–Kier alpha value is 0.571. The third-order valence-corrected chi connectivity index (χ3v) is 0.607. The fraction of sp³-hybridized carbons (Fsp3) is 0. The van der Waals surface area contributed by atoms with Gasteiger partial charge >= 0.3 is 0 Å². The largest absolute Gasteiger partial charge is 0.184 e. The molecule has 0 bridgehead atoms. The Morgan fingerprint density at radius 2 is 1.43 bits per heavy atom. The van der Waals surface area contributed by atoms with E-state index in [9.17, 15) is 0 Å². The zero-order valence-corrected chi connectivity index (χ0v) is 7.09. The van der Waals surface area contributed by atoms with Gasteiger partial charge in [0.2, 0.25) is 0 Å². The predicted molar refractivity (Wildman–Crippen MR) is 25.3 cm³/mol. The topological polar surface area (TPSA) is 0 Å². The van der Waals surface area contributed by atoms with Gasteiger partial charge in [-0.1, -0.05) is 0 Å². The van der Waals surface area contributed by atoms with Crippen LogP contribution >= 0.6 is 0 Å². The van der Waals surface area contributed by atoms with Crippen molar-refractivity contribution in [2.75, 3.05) is 0 Å². The maximum Gasteiger partial charge on any atom is 0 e. The van der Waals surface area contributed by atoms with Crippen molar-refractivity contribution < 1.29 is 40.8 Å². The minimum absolute atomic E-state index is 0. The average Bonchev–Trinajstić information content (AvgIpc) is 1.72. The van der Waals surface area contributed by atoms with Crippen molar-refractivity contribution in [3.8, 4) is 0 Å². The summed E-state index contributed by atoms with van der Waals surface area (Å²) in [6.45, 7) is 0. The van der Waals surface area contributed by atoms with Crippen molar-refractivity contribution in [3.63, 3.8) is 0 Å². The molecule has 1 aromatic rings. The molecule has 0 aliphatic heterocycles. The molecule has 0 atom stereocenters. The SMILES string of the molecule is [Nd].[c-]1ccccc1. The summed E-state index contributed by atoms with van der Waals surface area (Å²) < 4.78 is 0. The van der Waals surface area contributed by atoms with Gasteiger partial charge in [-0.3, -0.25) is 0 Å². The molecule has 0 saturated heterocycles. The van der Waals surface area contributed by atoms with Crippen molar-refractivity contribution in [2.45, 2.75) is 0 Å². The first-order chi connectivity index (χ1) is 3.00. The fourth-order valence-corrected chi connectivity index (χ4v) is 0.342. The van der Waals surface area contributed by atoms with Gasteiger partial charge in [-0.25, -0.2) is 0 Å². The van der Waals surface area contributed by atoms with Crippen LogP contribution in [0.15, 0.2) is 30.3 Å². The standard InChI is InChI=1S/C6H5.Nd/c1-2-4-6-5-3-1;/h1-5H;/q-1;. The molecule has 7 heavy (non-hydrogen) atoms. The van der Waals surface area contributed by atoms with E-state index in [1.54, 1.807) is 0 Å². The van der Waals surface area contributed by atoms with Gasteiger partial charge in [0.15, 0.2) is 0 Å². The minimum Gasteiger partial charge on any atom is -0.184 e. The zero-order valence-electron chi connectivity index (χ0n) is 3.89. The Morgan fingerprint density at radius 1 is 0.857 bits per heavy atom. The molecule has 0 spiro atoms. The Labute approximate surface area is 76.5 Å². The number of rotatable bonds is 0. The fourth-order valence-electron chi connectivity index (χ4n) is 0.342. The normalized spacial score (nSPS) is 6.86. The van der Waals surface area contributed by atoms with Gasteiger partial charge < -0.3 is 0 Å². The maximum atomic E-state index is 2.89. The van der Waals surface area contributed by atoms with Gasteiger partial charge in [0.1, 0.15) is 0 Å². The smallest absolute Gasteiger partial charge is 0 e. The number of hydrogen-bond donors (Lipinski definition) is 0. The van der Waals surface area contributed by atoms with E-state index in [1.165, 1.54) is 0 Å². The van der Waals surface area contributed by atoms with Crippen LogP contribution in [0, 0.1) is 46.9 Å². The first-order valence-electron chi connectivity index (χ1n) is 1.91. The zero-order chi connectivity index (χ0) is 4.24. The second-order valence-corrected chi connectivity index (χ2v) is 1.08. The number of hydrogen-bond acceptors (Lipinski definition) is 0. The summed E-state index contributed by atoms with van der Waals surface area (Å²) in [5.41, 5.74) is 0. The van der Waals surface area contributed by atoms with Crippen LogP contribution in [0.1, 0.15) is 0 Å². The summed E-state index contributed by atoms with van der Waals surface area (Å²) in [6.07, 6.45) is 0. The molecule has 0 unspecified atom stereocenters. The molecule has 0 radical (unpaired) electrons.